The van der Waals surface area contributed by atoms with Crippen molar-refractivity contribution in [1.29, 1.82) is 0 Å². The summed E-state index contributed by atoms with van der Waals surface area (Å²) in [7, 11) is 1.82. The Hall–Kier alpha value is -3.02. The van der Waals surface area contributed by atoms with Crippen LogP contribution in [0.5, 0.6) is 11.5 Å². The van der Waals surface area contributed by atoms with Crippen LogP contribution in [0.1, 0.15) is 10.5 Å². The summed E-state index contributed by atoms with van der Waals surface area (Å²) in [5, 5.41) is 7.97. The van der Waals surface area contributed by atoms with Crippen LogP contribution in [0.15, 0.2) is 42.5 Å². The predicted molar refractivity (Wildman–Crippen MR) is 81.2 cm³/mol. The standard InChI is InChI=1S/C16H13N3O3/c1-19-12-5-3-2-4-11(12)15(18-19)16(20)17-10-6-7-13-14(8-10)22-9-21-13/h2-8H,9H2,1H3,(H,17,20). The monoisotopic (exact) mass is 295 g/mol. The number of amides is 1. The van der Waals surface area contributed by atoms with E-state index in [1.54, 1.807) is 22.9 Å². The molecule has 22 heavy (non-hydrogen) atoms. The zero-order valence-electron chi connectivity index (χ0n) is 11.9. The summed E-state index contributed by atoms with van der Waals surface area (Å²) >= 11 is 0. The number of benzene rings is 2. The molecule has 1 aromatic heterocycles. The maximum atomic E-state index is 12.5. The van der Waals surface area contributed by atoms with Crippen molar-refractivity contribution in [2.45, 2.75) is 0 Å². The number of hydrogen-bond acceptors (Lipinski definition) is 4. The molecule has 0 fully saturated rings. The van der Waals surface area contributed by atoms with Crippen LogP contribution < -0.4 is 14.8 Å². The molecule has 6 nitrogen and oxygen atoms in total. The van der Waals surface area contributed by atoms with Gasteiger partial charge in [0.1, 0.15) is 0 Å². The first kappa shape index (κ1) is 12.7. The molecule has 1 aliphatic heterocycles. The van der Waals surface area contributed by atoms with Crippen molar-refractivity contribution in [3.63, 3.8) is 0 Å². The molecule has 4 rings (SSSR count). The molecule has 0 radical (unpaired) electrons. The summed E-state index contributed by atoms with van der Waals surface area (Å²) in [4.78, 5) is 12.5. The van der Waals surface area contributed by atoms with Crippen LogP contribution in [0.25, 0.3) is 10.9 Å². The number of fused-ring (bicyclic) bond motifs is 2. The maximum absolute atomic E-state index is 12.5. The molecular formula is C16H13N3O3. The third-order valence-corrected chi connectivity index (χ3v) is 3.60. The number of carbonyl (C=O) groups is 1. The highest BCUT2D eigenvalue weighted by atomic mass is 16.7. The summed E-state index contributed by atoms with van der Waals surface area (Å²) in [6.07, 6.45) is 0. The molecule has 3 aromatic rings. The van der Waals surface area contributed by atoms with Crippen LogP contribution in [-0.2, 0) is 7.05 Å². The molecule has 1 N–H and O–H groups in total. The zero-order valence-corrected chi connectivity index (χ0v) is 11.9. The number of carbonyl (C=O) groups excluding carboxylic acids is 1. The molecule has 0 spiro atoms. The number of nitrogens with one attached hydrogen (secondary N) is 1. The van der Waals surface area contributed by atoms with E-state index in [0.717, 1.165) is 10.9 Å². The highest BCUT2D eigenvalue weighted by molar-refractivity contribution is 6.11. The normalized spacial score (nSPS) is 12.6. The third kappa shape index (κ3) is 1.96. The molecule has 110 valence electrons. The van der Waals surface area contributed by atoms with Crippen LogP contribution in [0.3, 0.4) is 0 Å². The number of ether oxygens (including phenoxy) is 2. The van der Waals surface area contributed by atoms with E-state index in [4.69, 9.17) is 9.47 Å². The molecule has 6 heteroatoms. The minimum absolute atomic E-state index is 0.206. The lowest BCUT2D eigenvalue weighted by molar-refractivity contribution is 0.102. The lowest BCUT2D eigenvalue weighted by atomic mass is 10.2. The number of hydrogen-bond donors (Lipinski definition) is 1. The van der Waals surface area contributed by atoms with Gasteiger partial charge in [-0.2, -0.15) is 5.10 Å². The van der Waals surface area contributed by atoms with Gasteiger partial charge in [-0.25, -0.2) is 0 Å². The van der Waals surface area contributed by atoms with Gasteiger partial charge in [0, 0.05) is 24.2 Å². The van der Waals surface area contributed by atoms with Crippen molar-refractivity contribution in [3.05, 3.63) is 48.2 Å². The van der Waals surface area contributed by atoms with Crippen molar-refractivity contribution in [2.24, 2.45) is 7.05 Å². The Morgan fingerprint density at radius 3 is 2.91 bits per heavy atom. The Morgan fingerprint density at radius 1 is 1.18 bits per heavy atom. The molecule has 0 unspecified atom stereocenters. The van der Waals surface area contributed by atoms with Crippen LogP contribution in [0.2, 0.25) is 0 Å². The van der Waals surface area contributed by atoms with E-state index in [1.165, 1.54) is 0 Å². The zero-order chi connectivity index (χ0) is 15.1. The Labute approximate surface area is 126 Å². The summed E-state index contributed by atoms with van der Waals surface area (Å²) in [5.74, 6) is 1.06. The average molecular weight is 295 g/mol. The Morgan fingerprint density at radius 2 is 2.00 bits per heavy atom. The molecule has 0 aliphatic carbocycles. The number of nitrogens with zero attached hydrogens (tertiary/aromatic N) is 2. The van der Waals surface area contributed by atoms with Crippen molar-refractivity contribution in [1.82, 2.24) is 9.78 Å². The quantitative estimate of drug-likeness (QED) is 0.789. The van der Waals surface area contributed by atoms with Gasteiger partial charge in [0.15, 0.2) is 17.2 Å². The summed E-state index contributed by atoms with van der Waals surface area (Å²) in [6, 6.07) is 12.9. The van der Waals surface area contributed by atoms with Crippen molar-refractivity contribution in [3.8, 4) is 11.5 Å². The Kier molecular flexibility index (Phi) is 2.75. The maximum Gasteiger partial charge on any atom is 0.276 e. The second-order valence-corrected chi connectivity index (χ2v) is 5.01. The van der Waals surface area contributed by atoms with Gasteiger partial charge in [-0.05, 0) is 18.2 Å². The minimum Gasteiger partial charge on any atom is -0.454 e. The molecule has 2 heterocycles. The summed E-state index contributed by atoms with van der Waals surface area (Å²) < 4.78 is 12.3. The first-order chi connectivity index (χ1) is 10.7. The van der Waals surface area contributed by atoms with E-state index in [2.05, 4.69) is 10.4 Å². The van der Waals surface area contributed by atoms with Gasteiger partial charge in [0.05, 0.1) is 5.52 Å². The van der Waals surface area contributed by atoms with Gasteiger partial charge in [-0.3, -0.25) is 9.48 Å². The predicted octanol–water partition coefficient (Wildman–Crippen LogP) is 2.55. The number of aryl methyl sites for hydroxylation is 1. The van der Waals surface area contributed by atoms with Gasteiger partial charge in [0.2, 0.25) is 6.79 Å². The number of anilines is 1. The average Bonchev–Trinajstić information content (AvgIpc) is 3.12. The number of rotatable bonds is 2. The molecular weight excluding hydrogens is 282 g/mol. The van der Waals surface area contributed by atoms with Gasteiger partial charge in [-0.15, -0.1) is 0 Å². The highest BCUT2D eigenvalue weighted by Crippen LogP contribution is 2.34. The highest BCUT2D eigenvalue weighted by Gasteiger charge is 2.18. The van der Waals surface area contributed by atoms with Crippen molar-refractivity contribution in [2.75, 3.05) is 12.1 Å². The van der Waals surface area contributed by atoms with E-state index in [1.807, 2.05) is 31.3 Å². The van der Waals surface area contributed by atoms with Crippen LogP contribution >= 0.6 is 0 Å². The lowest BCUT2D eigenvalue weighted by Crippen LogP contribution is -2.13. The first-order valence-electron chi connectivity index (χ1n) is 6.85. The van der Waals surface area contributed by atoms with E-state index < -0.39 is 0 Å². The second-order valence-electron chi connectivity index (χ2n) is 5.01. The fourth-order valence-corrected chi connectivity index (χ4v) is 2.55. The molecule has 0 atom stereocenters. The first-order valence-corrected chi connectivity index (χ1v) is 6.85. The second kappa shape index (κ2) is 4.77. The van der Waals surface area contributed by atoms with E-state index >= 15 is 0 Å². The topological polar surface area (TPSA) is 65.4 Å². The van der Waals surface area contributed by atoms with E-state index in [-0.39, 0.29) is 12.7 Å². The molecule has 1 amide bonds. The molecule has 0 bridgehead atoms. The molecule has 0 saturated heterocycles. The molecule has 0 saturated carbocycles. The fourth-order valence-electron chi connectivity index (χ4n) is 2.55. The fraction of sp³-hybridized carbons (Fsp3) is 0.125. The van der Waals surface area contributed by atoms with E-state index in [9.17, 15) is 4.79 Å². The van der Waals surface area contributed by atoms with Gasteiger partial charge >= 0.3 is 0 Å². The Bertz CT molecular complexity index is 885. The lowest BCUT2D eigenvalue weighted by Gasteiger charge is -2.04. The molecule has 1 aliphatic rings. The van der Waals surface area contributed by atoms with Crippen LogP contribution in [0, 0.1) is 0 Å². The van der Waals surface area contributed by atoms with Crippen LogP contribution in [-0.4, -0.2) is 22.5 Å². The summed E-state index contributed by atoms with van der Waals surface area (Å²) in [6.45, 7) is 0.206. The largest absolute Gasteiger partial charge is 0.454 e. The minimum atomic E-state index is -0.254. The van der Waals surface area contributed by atoms with Gasteiger partial charge in [0.25, 0.3) is 5.91 Å². The smallest absolute Gasteiger partial charge is 0.276 e. The van der Waals surface area contributed by atoms with E-state index in [0.29, 0.717) is 22.9 Å². The van der Waals surface area contributed by atoms with Gasteiger partial charge in [-0.1, -0.05) is 18.2 Å². The van der Waals surface area contributed by atoms with Crippen molar-refractivity contribution >= 4 is 22.5 Å². The van der Waals surface area contributed by atoms with Crippen LogP contribution in [0.4, 0.5) is 5.69 Å². The Balaban J connectivity index is 1.66. The van der Waals surface area contributed by atoms with Gasteiger partial charge < -0.3 is 14.8 Å². The number of para-hydroxylation sites is 1. The third-order valence-electron chi connectivity index (χ3n) is 3.60. The van der Waals surface area contributed by atoms with Crippen molar-refractivity contribution < 1.29 is 14.3 Å². The molecule has 2 aromatic carbocycles. The number of aromatic nitrogens is 2. The SMILES string of the molecule is Cn1nc(C(=O)Nc2ccc3c(c2)OCO3)c2ccccc21. The summed E-state index contributed by atoms with van der Waals surface area (Å²) in [5.41, 5.74) is 1.96.